The average Bonchev–Trinajstić information content (AvgIpc) is 3.13. The molecule has 3 nitrogen and oxygen atoms in total. The van der Waals surface area contributed by atoms with Crippen LogP contribution in [-0.2, 0) is 11.2 Å². The third-order valence-electron chi connectivity index (χ3n) is 6.13. The highest BCUT2D eigenvalue weighted by molar-refractivity contribution is 5.66. The number of carboxylic acids is 1. The van der Waals surface area contributed by atoms with Gasteiger partial charge in [-0.3, -0.25) is 4.79 Å². The minimum atomic E-state index is -0.703. The molecule has 3 rings (SSSR count). The Balaban J connectivity index is 1.46. The Morgan fingerprint density at radius 2 is 2.11 bits per heavy atom. The van der Waals surface area contributed by atoms with Gasteiger partial charge >= 0.3 is 5.97 Å². The zero-order valence-electron chi connectivity index (χ0n) is 16.3. The van der Waals surface area contributed by atoms with E-state index >= 15 is 0 Å². The molecule has 1 fully saturated rings. The molecule has 2 aliphatic carbocycles. The fourth-order valence-electron chi connectivity index (χ4n) is 4.79. The van der Waals surface area contributed by atoms with Gasteiger partial charge in [0.25, 0.3) is 0 Å². The van der Waals surface area contributed by atoms with Gasteiger partial charge < -0.3 is 10.2 Å². The standard InChI is InChI=1S/C24H32O3/c1-17-7-6-10-18(13-17)8-2-4-11-21-22-15-19(9-3-5-12-24(26)27)14-20(22)16-23(21)25/h4,6-7,10-11,13-14,20-23,25H,2-3,5,8-9,12,15-16H2,1H3,(H,26,27)/t20-,21+,22-,23+/m0/s1. The van der Waals surface area contributed by atoms with Crippen LogP contribution in [0.5, 0.6) is 0 Å². The van der Waals surface area contributed by atoms with Crippen molar-refractivity contribution >= 4 is 5.97 Å². The van der Waals surface area contributed by atoms with Gasteiger partial charge in [0.1, 0.15) is 0 Å². The lowest BCUT2D eigenvalue weighted by atomic mass is 9.88. The largest absolute Gasteiger partial charge is 0.481 e. The molecular weight excluding hydrogens is 336 g/mol. The minimum absolute atomic E-state index is 0.222. The lowest BCUT2D eigenvalue weighted by molar-refractivity contribution is -0.137. The summed E-state index contributed by atoms with van der Waals surface area (Å²) in [7, 11) is 0. The first-order chi connectivity index (χ1) is 13.0. The van der Waals surface area contributed by atoms with Crippen LogP contribution in [0.2, 0.25) is 0 Å². The van der Waals surface area contributed by atoms with E-state index in [1.54, 1.807) is 0 Å². The monoisotopic (exact) mass is 368 g/mol. The molecule has 0 radical (unpaired) electrons. The number of aliphatic carboxylic acids is 1. The molecule has 146 valence electrons. The fourth-order valence-corrected chi connectivity index (χ4v) is 4.79. The normalized spacial score (nSPS) is 27.1. The van der Waals surface area contributed by atoms with E-state index in [-0.39, 0.29) is 18.4 Å². The van der Waals surface area contributed by atoms with Gasteiger partial charge in [-0.25, -0.2) is 0 Å². The van der Waals surface area contributed by atoms with Gasteiger partial charge in [-0.2, -0.15) is 0 Å². The number of rotatable bonds is 9. The number of fused-ring (bicyclic) bond motifs is 1. The Labute approximate surface area is 162 Å². The Hall–Kier alpha value is -1.87. The van der Waals surface area contributed by atoms with Gasteiger partial charge in [0, 0.05) is 12.3 Å². The Kier molecular flexibility index (Phi) is 6.89. The van der Waals surface area contributed by atoms with Gasteiger partial charge in [0.2, 0.25) is 0 Å². The number of hydrogen-bond acceptors (Lipinski definition) is 2. The van der Waals surface area contributed by atoms with E-state index in [4.69, 9.17) is 5.11 Å². The summed E-state index contributed by atoms with van der Waals surface area (Å²) < 4.78 is 0. The molecule has 0 heterocycles. The highest BCUT2D eigenvalue weighted by atomic mass is 16.4. The Morgan fingerprint density at radius 1 is 1.26 bits per heavy atom. The zero-order chi connectivity index (χ0) is 19.2. The maximum Gasteiger partial charge on any atom is 0.303 e. The number of carboxylic acid groups (broad SMARTS) is 1. The van der Waals surface area contributed by atoms with E-state index in [1.165, 1.54) is 16.7 Å². The maximum absolute atomic E-state index is 10.6. The van der Waals surface area contributed by atoms with Crippen molar-refractivity contribution in [2.45, 2.75) is 64.4 Å². The van der Waals surface area contributed by atoms with Gasteiger partial charge in [-0.15, -0.1) is 0 Å². The fraction of sp³-hybridized carbons (Fsp3) is 0.542. The highest BCUT2D eigenvalue weighted by Crippen LogP contribution is 2.48. The molecule has 0 unspecified atom stereocenters. The van der Waals surface area contributed by atoms with Crippen LogP contribution in [0.25, 0.3) is 0 Å². The molecule has 2 N–H and O–H groups in total. The summed E-state index contributed by atoms with van der Waals surface area (Å²) in [4.78, 5) is 10.6. The molecule has 0 spiro atoms. The number of hydrogen-bond donors (Lipinski definition) is 2. The van der Waals surface area contributed by atoms with Gasteiger partial charge in [0.15, 0.2) is 0 Å². The number of benzene rings is 1. The number of unbranched alkanes of at least 4 members (excludes halogenated alkanes) is 1. The van der Waals surface area contributed by atoms with Crippen molar-refractivity contribution in [3.8, 4) is 0 Å². The van der Waals surface area contributed by atoms with Crippen LogP contribution in [0.3, 0.4) is 0 Å². The van der Waals surface area contributed by atoms with Crippen molar-refractivity contribution in [1.29, 1.82) is 0 Å². The zero-order valence-corrected chi connectivity index (χ0v) is 16.3. The molecular formula is C24H32O3. The molecule has 1 saturated carbocycles. The van der Waals surface area contributed by atoms with Crippen LogP contribution < -0.4 is 0 Å². The molecule has 27 heavy (non-hydrogen) atoms. The van der Waals surface area contributed by atoms with Crippen LogP contribution in [0, 0.1) is 24.7 Å². The molecule has 0 aromatic heterocycles. The second-order valence-electron chi connectivity index (χ2n) is 8.29. The summed E-state index contributed by atoms with van der Waals surface area (Å²) in [6, 6.07) is 8.66. The van der Waals surface area contributed by atoms with E-state index in [0.29, 0.717) is 11.8 Å². The second-order valence-corrected chi connectivity index (χ2v) is 8.29. The molecule has 0 aliphatic heterocycles. The number of aliphatic hydroxyl groups is 1. The summed E-state index contributed by atoms with van der Waals surface area (Å²) in [5.74, 6) is 0.595. The maximum atomic E-state index is 10.6. The van der Waals surface area contributed by atoms with E-state index in [2.05, 4.69) is 49.4 Å². The van der Waals surface area contributed by atoms with Crippen molar-refractivity contribution in [3.05, 3.63) is 59.2 Å². The smallest absolute Gasteiger partial charge is 0.303 e. The summed E-state index contributed by atoms with van der Waals surface area (Å²) in [6.45, 7) is 2.13. The van der Waals surface area contributed by atoms with Crippen LogP contribution >= 0.6 is 0 Å². The SMILES string of the molecule is Cc1cccc(CCC=C[C@@H]2[C@H]3CC(CCCCC(=O)O)=C[C@H]3C[C@H]2O)c1. The lowest BCUT2D eigenvalue weighted by Gasteiger charge is -2.18. The summed E-state index contributed by atoms with van der Waals surface area (Å²) in [6.07, 6.45) is 13.7. The average molecular weight is 369 g/mol. The number of aryl methyl sites for hydroxylation is 2. The first kappa shape index (κ1) is 19.9. The first-order valence-electron chi connectivity index (χ1n) is 10.3. The third-order valence-corrected chi connectivity index (χ3v) is 6.13. The third kappa shape index (κ3) is 5.55. The van der Waals surface area contributed by atoms with Crippen molar-refractivity contribution in [3.63, 3.8) is 0 Å². The van der Waals surface area contributed by atoms with E-state index in [9.17, 15) is 9.90 Å². The second kappa shape index (κ2) is 9.36. The number of carbonyl (C=O) groups is 1. The summed E-state index contributed by atoms with van der Waals surface area (Å²) in [5.41, 5.74) is 4.15. The molecule has 1 aromatic rings. The molecule has 3 heteroatoms. The van der Waals surface area contributed by atoms with Gasteiger partial charge in [0.05, 0.1) is 6.10 Å². The van der Waals surface area contributed by atoms with Crippen LogP contribution in [0.15, 0.2) is 48.1 Å². The van der Waals surface area contributed by atoms with Crippen molar-refractivity contribution < 1.29 is 15.0 Å². The van der Waals surface area contributed by atoms with Gasteiger partial charge in [-0.05, 0) is 69.3 Å². The summed E-state index contributed by atoms with van der Waals surface area (Å²) in [5, 5.41) is 19.2. The predicted octanol–water partition coefficient (Wildman–Crippen LogP) is 5.07. The predicted molar refractivity (Wildman–Crippen MR) is 109 cm³/mol. The number of aliphatic hydroxyl groups excluding tert-OH is 1. The van der Waals surface area contributed by atoms with Gasteiger partial charge in [-0.1, -0.05) is 53.6 Å². The quantitative estimate of drug-likeness (QED) is 0.472. The van der Waals surface area contributed by atoms with Crippen molar-refractivity contribution in [2.24, 2.45) is 17.8 Å². The van der Waals surface area contributed by atoms with Crippen molar-refractivity contribution in [1.82, 2.24) is 0 Å². The molecule has 0 saturated heterocycles. The van der Waals surface area contributed by atoms with Crippen LogP contribution in [0.1, 0.15) is 56.1 Å². The van der Waals surface area contributed by atoms with E-state index in [1.807, 2.05) is 0 Å². The molecule has 0 bridgehead atoms. The minimum Gasteiger partial charge on any atom is -0.481 e. The summed E-state index contributed by atoms with van der Waals surface area (Å²) >= 11 is 0. The molecule has 1 aromatic carbocycles. The highest BCUT2D eigenvalue weighted by Gasteiger charge is 2.42. The topological polar surface area (TPSA) is 57.5 Å². The van der Waals surface area contributed by atoms with Crippen LogP contribution in [-0.4, -0.2) is 22.3 Å². The molecule has 0 amide bonds. The van der Waals surface area contributed by atoms with E-state index in [0.717, 1.165) is 44.9 Å². The molecule has 4 atom stereocenters. The van der Waals surface area contributed by atoms with Crippen LogP contribution in [0.4, 0.5) is 0 Å². The first-order valence-corrected chi connectivity index (χ1v) is 10.3. The lowest BCUT2D eigenvalue weighted by Crippen LogP contribution is -2.17. The van der Waals surface area contributed by atoms with E-state index < -0.39 is 5.97 Å². The molecule has 2 aliphatic rings. The number of allylic oxidation sites excluding steroid dienone is 3. The Morgan fingerprint density at radius 3 is 2.89 bits per heavy atom. The van der Waals surface area contributed by atoms with Crippen molar-refractivity contribution in [2.75, 3.05) is 0 Å². The Bertz CT molecular complexity index is 703.